The van der Waals surface area contributed by atoms with Crippen LogP contribution in [-0.4, -0.2) is 43.8 Å². The number of aryl methyl sites for hydroxylation is 1. The third kappa shape index (κ3) is 3.05. The zero-order valence-electron chi connectivity index (χ0n) is 13.5. The first-order valence-electron chi connectivity index (χ1n) is 7.59. The van der Waals surface area contributed by atoms with Crippen LogP contribution in [-0.2, 0) is 35.6 Å². The van der Waals surface area contributed by atoms with E-state index in [4.69, 9.17) is 4.74 Å². The van der Waals surface area contributed by atoms with Gasteiger partial charge in [0.15, 0.2) is 0 Å². The first-order chi connectivity index (χ1) is 11.1. The van der Waals surface area contributed by atoms with Crippen molar-refractivity contribution < 1.29 is 9.53 Å². The average molecular weight is 315 g/mol. The Kier molecular flexibility index (Phi) is 4.29. The Morgan fingerprint density at radius 2 is 2.43 bits per heavy atom. The molecule has 0 amide bonds. The van der Waals surface area contributed by atoms with Crippen LogP contribution < -0.4 is 0 Å². The monoisotopic (exact) mass is 315 g/mol. The van der Waals surface area contributed by atoms with Crippen LogP contribution in [0.25, 0.3) is 0 Å². The zero-order chi connectivity index (χ0) is 16.4. The number of aromatic nitrogens is 4. The molecule has 0 spiro atoms. The minimum absolute atomic E-state index is 0.227. The van der Waals surface area contributed by atoms with E-state index in [1.54, 1.807) is 6.33 Å². The summed E-state index contributed by atoms with van der Waals surface area (Å²) in [5, 5.41) is 4.47. The third-order valence-electron chi connectivity index (χ3n) is 4.21. The zero-order valence-corrected chi connectivity index (χ0v) is 13.5. The van der Waals surface area contributed by atoms with Gasteiger partial charge in [0.2, 0.25) is 0 Å². The number of methoxy groups -OCH3 is 1. The summed E-state index contributed by atoms with van der Waals surface area (Å²) in [5.41, 5.74) is 4.06. The van der Waals surface area contributed by atoms with Crippen molar-refractivity contribution in [2.45, 2.75) is 39.0 Å². The first kappa shape index (κ1) is 15.5. The van der Waals surface area contributed by atoms with E-state index < -0.39 is 0 Å². The van der Waals surface area contributed by atoms with Crippen LogP contribution >= 0.6 is 0 Å². The summed E-state index contributed by atoms with van der Waals surface area (Å²) in [4.78, 5) is 21.7. The molecule has 122 valence electrons. The van der Waals surface area contributed by atoms with Crippen LogP contribution in [0.4, 0.5) is 0 Å². The van der Waals surface area contributed by atoms with E-state index in [-0.39, 0.29) is 12.0 Å². The van der Waals surface area contributed by atoms with Crippen molar-refractivity contribution in [3.8, 4) is 0 Å². The summed E-state index contributed by atoms with van der Waals surface area (Å²) in [6.07, 6.45) is 6.06. The summed E-state index contributed by atoms with van der Waals surface area (Å²) >= 11 is 0. The predicted molar refractivity (Wildman–Crippen MR) is 84.5 cm³/mol. The van der Waals surface area contributed by atoms with E-state index in [2.05, 4.69) is 26.5 Å². The fourth-order valence-electron chi connectivity index (χ4n) is 2.98. The van der Waals surface area contributed by atoms with Gasteiger partial charge in [-0.1, -0.05) is 6.08 Å². The third-order valence-corrected chi connectivity index (χ3v) is 4.21. The predicted octanol–water partition coefficient (Wildman–Crippen LogP) is 1.20. The van der Waals surface area contributed by atoms with Crippen LogP contribution in [0.2, 0.25) is 0 Å². The summed E-state index contributed by atoms with van der Waals surface area (Å²) in [7, 11) is 1.42. The quantitative estimate of drug-likeness (QED) is 0.663. The molecule has 0 fully saturated rings. The van der Waals surface area contributed by atoms with Crippen molar-refractivity contribution in [2.75, 3.05) is 7.11 Å². The van der Waals surface area contributed by atoms with E-state index >= 15 is 0 Å². The number of rotatable bonds is 5. The fraction of sp³-hybridized carbons (Fsp3) is 0.438. The van der Waals surface area contributed by atoms with Gasteiger partial charge in [-0.3, -0.25) is 14.4 Å². The van der Waals surface area contributed by atoms with Gasteiger partial charge in [-0.05, 0) is 6.92 Å². The second-order valence-corrected chi connectivity index (χ2v) is 5.73. The van der Waals surface area contributed by atoms with Crippen LogP contribution in [0.5, 0.6) is 0 Å². The van der Waals surface area contributed by atoms with Gasteiger partial charge >= 0.3 is 5.97 Å². The maximum Gasteiger partial charge on any atom is 0.323 e. The maximum atomic E-state index is 12.2. The van der Waals surface area contributed by atoms with Gasteiger partial charge in [-0.15, -0.1) is 6.58 Å². The molecule has 0 radical (unpaired) electrons. The molecular weight excluding hydrogens is 294 g/mol. The molecule has 23 heavy (non-hydrogen) atoms. The number of carbonyl (C=O) groups is 1. The standard InChI is InChI=1S/C16H21N5O2/c1-4-5-21-8-12(11(2)19-21)7-20-9-14-13(17-10-18-14)6-15(20)16(22)23-3/h4,8,10,15H,1,5-7,9H2,2-3H3,(H,17,18)/t15-/m1/s1. The van der Waals surface area contributed by atoms with Gasteiger partial charge in [0.05, 0.1) is 37.1 Å². The van der Waals surface area contributed by atoms with Gasteiger partial charge < -0.3 is 9.72 Å². The maximum absolute atomic E-state index is 12.2. The molecule has 1 N–H and O–H groups in total. The highest BCUT2D eigenvalue weighted by atomic mass is 16.5. The van der Waals surface area contributed by atoms with E-state index in [1.807, 2.05) is 23.9 Å². The summed E-state index contributed by atoms with van der Waals surface area (Å²) in [5.74, 6) is -0.227. The van der Waals surface area contributed by atoms with Crippen molar-refractivity contribution in [3.05, 3.63) is 47.8 Å². The molecule has 7 heteroatoms. The highest BCUT2D eigenvalue weighted by molar-refractivity contribution is 5.76. The summed E-state index contributed by atoms with van der Waals surface area (Å²) in [6.45, 7) is 7.67. The Morgan fingerprint density at radius 1 is 1.61 bits per heavy atom. The van der Waals surface area contributed by atoms with Crippen molar-refractivity contribution in [3.63, 3.8) is 0 Å². The second kappa shape index (κ2) is 6.37. The van der Waals surface area contributed by atoms with E-state index in [0.29, 0.717) is 26.1 Å². The normalized spacial score (nSPS) is 17.7. The van der Waals surface area contributed by atoms with Gasteiger partial charge in [0, 0.05) is 31.3 Å². The number of H-pyrrole nitrogens is 1. The number of allylic oxidation sites excluding steroid dienone is 1. The molecule has 2 aromatic rings. The van der Waals surface area contributed by atoms with Crippen LogP contribution in [0, 0.1) is 6.92 Å². The fourth-order valence-corrected chi connectivity index (χ4v) is 2.98. The number of fused-ring (bicyclic) bond motifs is 1. The van der Waals surface area contributed by atoms with E-state index in [1.165, 1.54) is 7.11 Å². The number of ether oxygens (including phenoxy) is 1. The van der Waals surface area contributed by atoms with E-state index in [0.717, 1.165) is 22.6 Å². The Morgan fingerprint density at radius 3 is 3.17 bits per heavy atom. The first-order valence-corrected chi connectivity index (χ1v) is 7.59. The molecule has 3 heterocycles. The SMILES string of the molecule is C=CCn1cc(CN2Cc3[nH]cnc3C[C@@H]2C(=O)OC)c(C)n1. The number of carbonyl (C=O) groups excluding carboxylic acids is 1. The minimum Gasteiger partial charge on any atom is -0.468 e. The van der Waals surface area contributed by atoms with Crippen LogP contribution in [0.15, 0.2) is 25.2 Å². The molecule has 1 aliphatic heterocycles. The lowest BCUT2D eigenvalue weighted by molar-refractivity contribution is -0.148. The largest absolute Gasteiger partial charge is 0.468 e. The number of nitrogens with zero attached hydrogens (tertiary/aromatic N) is 4. The minimum atomic E-state index is -0.321. The summed E-state index contributed by atoms with van der Waals surface area (Å²) < 4.78 is 6.83. The van der Waals surface area contributed by atoms with Gasteiger partial charge in [0.1, 0.15) is 6.04 Å². The number of hydrogen-bond acceptors (Lipinski definition) is 5. The molecule has 7 nitrogen and oxygen atoms in total. The Balaban J connectivity index is 1.84. The molecule has 0 unspecified atom stereocenters. The van der Waals surface area contributed by atoms with Crippen molar-refractivity contribution in [1.29, 1.82) is 0 Å². The molecule has 0 saturated carbocycles. The topological polar surface area (TPSA) is 76.0 Å². The molecule has 0 aromatic carbocycles. The molecule has 0 bridgehead atoms. The average Bonchev–Trinajstić information content (AvgIpc) is 3.12. The lowest BCUT2D eigenvalue weighted by Gasteiger charge is -2.32. The molecule has 0 aliphatic carbocycles. The van der Waals surface area contributed by atoms with Crippen LogP contribution in [0.1, 0.15) is 22.6 Å². The van der Waals surface area contributed by atoms with Crippen molar-refractivity contribution in [1.82, 2.24) is 24.6 Å². The van der Waals surface area contributed by atoms with Gasteiger partial charge in [0.25, 0.3) is 0 Å². The van der Waals surface area contributed by atoms with Gasteiger partial charge in [-0.25, -0.2) is 4.98 Å². The highest BCUT2D eigenvalue weighted by Crippen LogP contribution is 2.24. The summed E-state index contributed by atoms with van der Waals surface area (Å²) in [6, 6.07) is -0.321. The number of aromatic amines is 1. The van der Waals surface area contributed by atoms with Crippen molar-refractivity contribution in [2.24, 2.45) is 0 Å². The molecule has 0 saturated heterocycles. The lowest BCUT2D eigenvalue weighted by Crippen LogP contribution is -2.45. The van der Waals surface area contributed by atoms with Crippen molar-refractivity contribution >= 4 is 5.97 Å². The van der Waals surface area contributed by atoms with E-state index in [9.17, 15) is 4.79 Å². The molecule has 3 rings (SSSR count). The molecule has 2 aromatic heterocycles. The molecular formula is C16H21N5O2. The number of hydrogen-bond donors (Lipinski definition) is 1. The number of imidazole rings is 1. The lowest BCUT2D eigenvalue weighted by atomic mass is 10.0. The number of nitrogens with one attached hydrogen (secondary N) is 1. The number of esters is 1. The Labute approximate surface area is 135 Å². The second-order valence-electron chi connectivity index (χ2n) is 5.73. The van der Waals surface area contributed by atoms with Gasteiger partial charge in [-0.2, -0.15) is 5.10 Å². The molecule has 1 atom stereocenters. The highest BCUT2D eigenvalue weighted by Gasteiger charge is 2.34. The molecule has 1 aliphatic rings. The smallest absolute Gasteiger partial charge is 0.323 e. The Bertz CT molecular complexity index is 718. The Hall–Kier alpha value is -2.41. The van der Waals surface area contributed by atoms with Crippen LogP contribution in [0.3, 0.4) is 0 Å².